The molecule has 3 heteroatoms. The summed E-state index contributed by atoms with van der Waals surface area (Å²) in [5.41, 5.74) is 0.343. The Bertz CT molecular complexity index is 340. The summed E-state index contributed by atoms with van der Waals surface area (Å²) in [6.45, 7) is 9.38. The van der Waals surface area contributed by atoms with Gasteiger partial charge in [0.15, 0.2) is 0 Å². The minimum Gasteiger partial charge on any atom is -0.462 e. The van der Waals surface area contributed by atoms with Crippen LogP contribution in [0.15, 0.2) is 0 Å². The van der Waals surface area contributed by atoms with Gasteiger partial charge in [-0.2, -0.15) is 0 Å². The number of hydrogen-bond acceptors (Lipinski definition) is 3. The molecule has 2 fully saturated rings. The van der Waals surface area contributed by atoms with Crippen LogP contribution in [0.5, 0.6) is 0 Å². The zero-order valence-corrected chi connectivity index (χ0v) is 14.2. The Hall–Kier alpha value is -0.570. The van der Waals surface area contributed by atoms with Crippen molar-refractivity contribution in [1.82, 2.24) is 0 Å². The SMILES string of the molecule is CCC(C)C(=O)OC(C)CC1(C)CCC(CC2CO2)CC1. The van der Waals surface area contributed by atoms with Gasteiger partial charge in [-0.05, 0) is 63.2 Å². The van der Waals surface area contributed by atoms with Crippen LogP contribution in [0.4, 0.5) is 0 Å². The van der Waals surface area contributed by atoms with Crippen molar-refractivity contribution in [2.45, 2.75) is 84.8 Å². The quantitative estimate of drug-likeness (QED) is 0.518. The van der Waals surface area contributed by atoms with Crippen LogP contribution >= 0.6 is 0 Å². The van der Waals surface area contributed by atoms with Crippen molar-refractivity contribution < 1.29 is 14.3 Å². The first-order valence-corrected chi connectivity index (χ1v) is 8.74. The molecule has 1 aliphatic carbocycles. The standard InChI is InChI=1S/C18H32O3/c1-5-13(2)17(19)21-14(3)11-18(4)8-6-15(7-9-18)10-16-12-20-16/h13-16H,5-12H2,1-4H3. The van der Waals surface area contributed by atoms with Crippen molar-refractivity contribution in [1.29, 1.82) is 0 Å². The molecule has 21 heavy (non-hydrogen) atoms. The maximum atomic E-state index is 11.9. The van der Waals surface area contributed by atoms with E-state index in [4.69, 9.17) is 9.47 Å². The maximum absolute atomic E-state index is 11.9. The van der Waals surface area contributed by atoms with Crippen LogP contribution in [-0.2, 0) is 14.3 Å². The molecule has 1 saturated heterocycles. The summed E-state index contributed by atoms with van der Waals surface area (Å²) < 4.78 is 11.0. The van der Waals surface area contributed by atoms with Gasteiger partial charge in [0.2, 0.25) is 0 Å². The molecule has 0 aromatic rings. The zero-order valence-electron chi connectivity index (χ0n) is 14.2. The van der Waals surface area contributed by atoms with Gasteiger partial charge in [-0.1, -0.05) is 20.8 Å². The molecule has 0 N–H and O–H groups in total. The molecule has 1 aliphatic heterocycles. The minimum absolute atomic E-state index is 0.0227. The number of epoxide rings is 1. The molecule has 3 atom stereocenters. The van der Waals surface area contributed by atoms with Crippen LogP contribution in [0.1, 0.15) is 72.6 Å². The second kappa shape index (κ2) is 7.13. The third-order valence-corrected chi connectivity index (χ3v) is 5.42. The van der Waals surface area contributed by atoms with E-state index in [9.17, 15) is 4.79 Å². The molecular formula is C18H32O3. The van der Waals surface area contributed by atoms with E-state index in [2.05, 4.69) is 13.8 Å². The van der Waals surface area contributed by atoms with Crippen LogP contribution < -0.4 is 0 Å². The second-order valence-corrected chi connectivity index (χ2v) is 7.71. The molecule has 3 unspecified atom stereocenters. The second-order valence-electron chi connectivity index (χ2n) is 7.71. The highest BCUT2D eigenvalue weighted by Gasteiger charge is 2.36. The van der Waals surface area contributed by atoms with Gasteiger partial charge < -0.3 is 9.47 Å². The van der Waals surface area contributed by atoms with Crippen molar-refractivity contribution in [3.8, 4) is 0 Å². The minimum atomic E-state index is -0.0341. The highest BCUT2D eigenvalue weighted by atomic mass is 16.6. The van der Waals surface area contributed by atoms with Gasteiger partial charge in [-0.15, -0.1) is 0 Å². The van der Waals surface area contributed by atoms with Crippen molar-refractivity contribution >= 4 is 5.97 Å². The zero-order chi connectivity index (χ0) is 15.5. The van der Waals surface area contributed by atoms with Crippen LogP contribution in [0.25, 0.3) is 0 Å². The molecule has 0 aromatic carbocycles. The summed E-state index contributed by atoms with van der Waals surface area (Å²) in [6, 6.07) is 0. The Morgan fingerprint density at radius 2 is 1.95 bits per heavy atom. The van der Waals surface area contributed by atoms with Crippen molar-refractivity contribution in [2.24, 2.45) is 17.3 Å². The van der Waals surface area contributed by atoms with E-state index in [0.29, 0.717) is 11.5 Å². The Labute approximate surface area is 129 Å². The molecule has 0 amide bonds. The van der Waals surface area contributed by atoms with Crippen molar-refractivity contribution in [2.75, 3.05) is 6.61 Å². The number of ether oxygens (including phenoxy) is 2. The molecular weight excluding hydrogens is 264 g/mol. The Balaban J connectivity index is 1.72. The predicted octanol–water partition coefficient (Wildman–Crippen LogP) is 4.34. The summed E-state index contributed by atoms with van der Waals surface area (Å²) in [5, 5.41) is 0. The summed E-state index contributed by atoms with van der Waals surface area (Å²) in [4.78, 5) is 11.9. The summed E-state index contributed by atoms with van der Waals surface area (Å²) in [5.74, 6) is 0.839. The lowest BCUT2D eigenvalue weighted by Gasteiger charge is -2.39. The Morgan fingerprint density at radius 1 is 1.33 bits per heavy atom. The highest BCUT2D eigenvalue weighted by molar-refractivity contribution is 5.72. The van der Waals surface area contributed by atoms with Gasteiger partial charge in [-0.3, -0.25) is 4.79 Å². The van der Waals surface area contributed by atoms with Crippen LogP contribution in [0.2, 0.25) is 0 Å². The van der Waals surface area contributed by atoms with Crippen molar-refractivity contribution in [3.05, 3.63) is 0 Å². The van der Waals surface area contributed by atoms with E-state index in [0.717, 1.165) is 25.4 Å². The molecule has 2 rings (SSSR count). The molecule has 0 radical (unpaired) electrons. The lowest BCUT2D eigenvalue weighted by Crippen LogP contribution is -2.31. The molecule has 3 nitrogen and oxygen atoms in total. The summed E-state index contributed by atoms with van der Waals surface area (Å²) in [6.07, 6.45) is 8.86. The highest BCUT2D eigenvalue weighted by Crippen LogP contribution is 2.44. The monoisotopic (exact) mass is 296 g/mol. The molecule has 0 bridgehead atoms. The van der Waals surface area contributed by atoms with E-state index in [1.54, 1.807) is 0 Å². The number of carbonyl (C=O) groups excluding carboxylic acids is 1. The first-order chi connectivity index (χ1) is 9.92. The fourth-order valence-electron chi connectivity index (χ4n) is 3.61. The number of esters is 1. The average molecular weight is 296 g/mol. The van der Waals surface area contributed by atoms with Gasteiger partial charge >= 0.3 is 5.97 Å². The average Bonchev–Trinajstić information content (AvgIpc) is 3.24. The number of carbonyl (C=O) groups is 1. The summed E-state index contributed by atoms with van der Waals surface area (Å²) >= 11 is 0. The molecule has 0 aromatic heterocycles. The number of hydrogen-bond donors (Lipinski definition) is 0. The van der Waals surface area contributed by atoms with Crippen molar-refractivity contribution in [3.63, 3.8) is 0 Å². The Morgan fingerprint density at radius 3 is 2.48 bits per heavy atom. The van der Waals surface area contributed by atoms with Gasteiger partial charge in [0.1, 0.15) is 0 Å². The van der Waals surface area contributed by atoms with Gasteiger partial charge in [0, 0.05) is 0 Å². The predicted molar refractivity (Wildman–Crippen MR) is 84.0 cm³/mol. The smallest absolute Gasteiger partial charge is 0.308 e. The number of rotatable bonds is 7. The van der Waals surface area contributed by atoms with Crippen LogP contribution in [0.3, 0.4) is 0 Å². The van der Waals surface area contributed by atoms with E-state index in [1.165, 1.54) is 32.1 Å². The first-order valence-electron chi connectivity index (χ1n) is 8.74. The molecule has 1 saturated carbocycles. The van der Waals surface area contributed by atoms with Gasteiger partial charge in [0.05, 0.1) is 24.7 Å². The third kappa shape index (κ3) is 5.28. The maximum Gasteiger partial charge on any atom is 0.308 e. The normalized spacial score (nSPS) is 35.0. The van der Waals surface area contributed by atoms with E-state index >= 15 is 0 Å². The van der Waals surface area contributed by atoms with Crippen LogP contribution in [0, 0.1) is 17.3 Å². The van der Waals surface area contributed by atoms with E-state index in [-0.39, 0.29) is 18.0 Å². The Kier molecular flexibility index (Phi) is 5.70. The topological polar surface area (TPSA) is 38.8 Å². The van der Waals surface area contributed by atoms with Crippen LogP contribution in [-0.4, -0.2) is 24.8 Å². The van der Waals surface area contributed by atoms with Gasteiger partial charge in [-0.25, -0.2) is 0 Å². The molecule has 0 spiro atoms. The first kappa shape index (κ1) is 16.8. The third-order valence-electron chi connectivity index (χ3n) is 5.42. The largest absolute Gasteiger partial charge is 0.462 e. The fourth-order valence-corrected chi connectivity index (χ4v) is 3.61. The van der Waals surface area contributed by atoms with Gasteiger partial charge in [0.25, 0.3) is 0 Å². The lowest BCUT2D eigenvalue weighted by atomic mass is 9.68. The molecule has 2 aliphatic rings. The fraction of sp³-hybridized carbons (Fsp3) is 0.944. The summed E-state index contributed by atoms with van der Waals surface area (Å²) in [7, 11) is 0. The molecule has 1 heterocycles. The van der Waals surface area contributed by atoms with E-state index < -0.39 is 0 Å². The lowest BCUT2D eigenvalue weighted by molar-refractivity contribution is -0.154. The van der Waals surface area contributed by atoms with E-state index in [1.807, 2.05) is 13.8 Å². The molecule has 122 valence electrons.